The SMILES string of the molecule is C#CCn1cc(/C=C(/C#N)C(=O)Nc2ccc(Br)cc2)c2ccccc21. The summed E-state index contributed by atoms with van der Waals surface area (Å²) in [4.78, 5) is 12.4. The molecule has 1 heterocycles. The number of nitrogens with zero attached hydrogens (tertiary/aromatic N) is 2. The van der Waals surface area contributed by atoms with Gasteiger partial charge in [-0.1, -0.05) is 40.0 Å². The topological polar surface area (TPSA) is 57.8 Å². The molecule has 126 valence electrons. The Morgan fingerprint density at radius 1 is 1.23 bits per heavy atom. The van der Waals surface area contributed by atoms with E-state index in [1.165, 1.54) is 0 Å². The van der Waals surface area contributed by atoms with E-state index in [1.54, 1.807) is 18.2 Å². The molecule has 0 aliphatic heterocycles. The predicted molar refractivity (Wildman–Crippen MR) is 107 cm³/mol. The number of nitrogens with one attached hydrogen (secondary N) is 1. The Kier molecular flexibility index (Phi) is 5.22. The van der Waals surface area contributed by atoms with E-state index in [2.05, 4.69) is 27.2 Å². The summed E-state index contributed by atoms with van der Waals surface area (Å²) in [6.07, 6.45) is 8.87. The number of nitriles is 1. The second kappa shape index (κ2) is 7.74. The van der Waals surface area contributed by atoms with Crippen molar-refractivity contribution < 1.29 is 4.79 Å². The molecule has 0 saturated heterocycles. The van der Waals surface area contributed by atoms with Crippen molar-refractivity contribution in [2.45, 2.75) is 6.54 Å². The van der Waals surface area contributed by atoms with Crippen LogP contribution in [0.4, 0.5) is 5.69 Å². The van der Waals surface area contributed by atoms with E-state index in [1.807, 2.05) is 53.2 Å². The Labute approximate surface area is 159 Å². The molecule has 1 N–H and O–H groups in total. The van der Waals surface area contributed by atoms with Gasteiger partial charge in [-0.2, -0.15) is 5.26 Å². The molecule has 4 nitrogen and oxygen atoms in total. The molecule has 2 aromatic carbocycles. The van der Waals surface area contributed by atoms with Crippen LogP contribution in [0.25, 0.3) is 17.0 Å². The number of hydrogen-bond acceptors (Lipinski definition) is 2. The third kappa shape index (κ3) is 3.69. The summed E-state index contributed by atoms with van der Waals surface area (Å²) in [6, 6.07) is 16.9. The Morgan fingerprint density at radius 2 is 1.96 bits per heavy atom. The average Bonchev–Trinajstić information content (AvgIpc) is 2.99. The zero-order chi connectivity index (χ0) is 18.5. The van der Waals surface area contributed by atoms with Crippen LogP contribution in [0.2, 0.25) is 0 Å². The van der Waals surface area contributed by atoms with E-state index < -0.39 is 5.91 Å². The highest BCUT2D eigenvalue weighted by molar-refractivity contribution is 9.10. The highest BCUT2D eigenvalue weighted by Crippen LogP contribution is 2.24. The van der Waals surface area contributed by atoms with Gasteiger partial charge in [0.1, 0.15) is 11.6 Å². The van der Waals surface area contributed by atoms with Crippen molar-refractivity contribution in [3.63, 3.8) is 0 Å². The zero-order valence-corrected chi connectivity index (χ0v) is 15.3. The van der Waals surface area contributed by atoms with Crippen molar-refractivity contribution >= 4 is 44.5 Å². The van der Waals surface area contributed by atoms with E-state index in [4.69, 9.17) is 6.42 Å². The third-order valence-corrected chi connectivity index (χ3v) is 4.38. The molecule has 5 heteroatoms. The first-order valence-electron chi connectivity index (χ1n) is 7.82. The quantitative estimate of drug-likeness (QED) is 0.393. The monoisotopic (exact) mass is 403 g/mol. The van der Waals surface area contributed by atoms with E-state index >= 15 is 0 Å². The van der Waals surface area contributed by atoms with Crippen LogP contribution in [0.15, 0.2) is 64.8 Å². The van der Waals surface area contributed by atoms with Gasteiger partial charge in [-0.25, -0.2) is 0 Å². The third-order valence-electron chi connectivity index (χ3n) is 3.85. The molecule has 3 aromatic rings. The van der Waals surface area contributed by atoms with Crippen LogP contribution >= 0.6 is 15.9 Å². The first kappa shape index (κ1) is 17.5. The molecule has 0 atom stereocenters. The number of anilines is 1. The zero-order valence-electron chi connectivity index (χ0n) is 13.7. The molecule has 0 saturated carbocycles. The maximum atomic E-state index is 12.4. The number of carbonyl (C=O) groups excluding carboxylic acids is 1. The summed E-state index contributed by atoms with van der Waals surface area (Å²) in [5, 5.41) is 13.1. The molecule has 0 spiro atoms. The lowest BCUT2D eigenvalue weighted by Crippen LogP contribution is -2.13. The van der Waals surface area contributed by atoms with Gasteiger partial charge < -0.3 is 9.88 Å². The largest absolute Gasteiger partial charge is 0.335 e. The Morgan fingerprint density at radius 3 is 2.65 bits per heavy atom. The van der Waals surface area contributed by atoms with E-state index in [-0.39, 0.29) is 5.57 Å². The average molecular weight is 404 g/mol. The van der Waals surface area contributed by atoms with Crippen molar-refractivity contribution in [2.75, 3.05) is 5.32 Å². The van der Waals surface area contributed by atoms with Gasteiger partial charge in [-0.05, 0) is 36.4 Å². The molecule has 3 rings (SSSR count). The highest BCUT2D eigenvalue weighted by Gasteiger charge is 2.12. The summed E-state index contributed by atoms with van der Waals surface area (Å²) in [7, 11) is 0. The molecule has 0 radical (unpaired) electrons. The highest BCUT2D eigenvalue weighted by atomic mass is 79.9. The fourth-order valence-corrected chi connectivity index (χ4v) is 2.92. The summed E-state index contributed by atoms with van der Waals surface area (Å²) in [6.45, 7) is 0.418. The van der Waals surface area contributed by atoms with Crippen molar-refractivity contribution in [3.8, 4) is 18.4 Å². The van der Waals surface area contributed by atoms with Crippen LogP contribution < -0.4 is 5.32 Å². The van der Waals surface area contributed by atoms with Crippen molar-refractivity contribution in [1.29, 1.82) is 5.26 Å². The summed E-state index contributed by atoms with van der Waals surface area (Å²) >= 11 is 3.34. The number of carbonyl (C=O) groups is 1. The number of para-hydroxylation sites is 1. The maximum Gasteiger partial charge on any atom is 0.266 e. The van der Waals surface area contributed by atoms with Crippen LogP contribution in [-0.2, 0) is 11.3 Å². The summed E-state index contributed by atoms with van der Waals surface area (Å²) in [5.74, 6) is 2.16. The fourth-order valence-electron chi connectivity index (χ4n) is 2.66. The number of fused-ring (bicyclic) bond motifs is 1. The number of hydrogen-bond donors (Lipinski definition) is 1. The Bertz CT molecular complexity index is 1080. The number of amides is 1. The first-order chi connectivity index (χ1) is 12.6. The molecule has 1 amide bonds. The Hall–Kier alpha value is -3.28. The van der Waals surface area contributed by atoms with Gasteiger partial charge in [0.25, 0.3) is 5.91 Å². The van der Waals surface area contributed by atoms with Gasteiger partial charge in [-0.3, -0.25) is 4.79 Å². The normalized spacial score (nSPS) is 11.0. The van der Waals surface area contributed by atoms with Crippen LogP contribution in [0, 0.1) is 23.7 Å². The number of rotatable bonds is 4. The molecule has 0 unspecified atom stereocenters. The molecule has 26 heavy (non-hydrogen) atoms. The van der Waals surface area contributed by atoms with E-state index in [0.717, 1.165) is 20.9 Å². The molecule has 0 bridgehead atoms. The number of halogens is 1. The molecule has 0 aliphatic carbocycles. The van der Waals surface area contributed by atoms with Gasteiger partial charge in [0.05, 0.1) is 6.54 Å². The lowest BCUT2D eigenvalue weighted by molar-refractivity contribution is -0.112. The minimum absolute atomic E-state index is 0.0246. The summed E-state index contributed by atoms with van der Waals surface area (Å²) in [5.41, 5.74) is 2.38. The van der Waals surface area contributed by atoms with Gasteiger partial charge in [0.2, 0.25) is 0 Å². The lowest BCUT2D eigenvalue weighted by Gasteiger charge is -2.04. The number of terminal acetylenes is 1. The van der Waals surface area contributed by atoms with Crippen LogP contribution in [0.3, 0.4) is 0 Å². The molecular formula is C21H14BrN3O. The van der Waals surface area contributed by atoms with Gasteiger partial charge in [0.15, 0.2) is 0 Å². The summed E-state index contributed by atoms with van der Waals surface area (Å²) < 4.78 is 2.83. The van der Waals surface area contributed by atoms with Crippen molar-refractivity contribution in [3.05, 3.63) is 70.3 Å². The van der Waals surface area contributed by atoms with E-state index in [0.29, 0.717) is 12.2 Å². The van der Waals surface area contributed by atoms with Crippen LogP contribution in [0.1, 0.15) is 5.56 Å². The minimum atomic E-state index is -0.455. The van der Waals surface area contributed by atoms with Gasteiger partial charge in [-0.15, -0.1) is 6.42 Å². The number of benzene rings is 2. The van der Waals surface area contributed by atoms with Crippen LogP contribution in [-0.4, -0.2) is 10.5 Å². The Balaban J connectivity index is 1.95. The van der Waals surface area contributed by atoms with Gasteiger partial charge in [0, 0.05) is 32.8 Å². The minimum Gasteiger partial charge on any atom is -0.335 e. The lowest BCUT2D eigenvalue weighted by atomic mass is 10.1. The molecule has 0 aliphatic rings. The standard InChI is InChI=1S/C21H14BrN3O/c1-2-11-25-14-16(19-5-3-4-6-20(19)25)12-15(13-23)21(26)24-18-9-7-17(22)8-10-18/h1,3-10,12,14H,11H2,(H,24,26)/b15-12-. The maximum absolute atomic E-state index is 12.4. The predicted octanol–water partition coefficient (Wildman–Crippen LogP) is 4.58. The molecule has 0 fully saturated rings. The number of aromatic nitrogens is 1. The molecule has 1 aromatic heterocycles. The van der Waals surface area contributed by atoms with Crippen LogP contribution in [0.5, 0.6) is 0 Å². The second-order valence-electron chi connectivity index (χ2n) is 5.56. The molecular weight excluding hydrogens is 390 g/mol. The second-order valence-corrected chi connectivity index (χ2v) is 6.48. The van der Waals surface area contributed by atoms with Gasteiger partial charge >= 0.3 is 0 Å². The van der Waals surface area contributed by atoms with Crippen molar-refractivity contribution in [1.82, 2.24) is 4.57 Å². The van der Waals surface area contributed by atoms with Crippen molar-refractivity contribution in [2.24, 2.45) is 0 Å². The smallest absolute Gasteiger partial charge is 0.266 e. The fraction of sp³-hybridized carbons (Fsp3) is 0.0476. The first-order valence-corrected chi connectivity index (χ1v) is 8.61. The van der Waals surface area contributed by atoms with E-state index in [9.17, 15) is 10.1 Å².